The van der Waals surface area contributed by atoms with Crippen molar-refractivity contribution in [3.05, 3.63) is 124 Å². The molecule has 2 spiro atoms. The molecule has 2 aromatic carbocycles. The zero-order chi connectivity index (χ0) is 60.3. The van der Waals surface area contributed by atoms with Gasteiger partial charge in [-0.25, -0.2) is 8.78 Å². The minimum absolute atomic E-state index is 0.0254. The van der Waals surface area contributed by atoms with Crippen LogP contribution in [0.2, 0.25) is 0 Å². The Balaban J connectivity index is 0.795. The average Bonchev–Trinajstić information content (AvgIpc) is 1.09. The predicted octanol–water partition coefficient (Wildman–Crippen LogP) is 8.07. The number of carbonyl (C=O) groups is 4. The van der Waals surface area contributed by atoms with Gasteiger partial charge in [-0.15, -0.1) is 0 Å². The molecule has 4 aliphatic heterocycles. The van der Waals surface area contributed by atoms with Crippen molar-refractivity contribution in [1.29, 1.82) is 10.5 Å². The lowest BCUT2D eigenvalue weighted by Crippen LogP contribution is -2.56. The number of amides is 2. The molecule has 0 N–H and O–H groups in total. The number of likely N-dealkylation sites (tertiary alicyclic amines) is 2. The Hall–Kier alpha value is -7.94. The fraction of sp³-hybridized carbons (Fsp3) is 0.515. The number of ketones is 2. The first-order valence-corrected chi connectivity index (χ1v) is 30.4. The quantitative estimate of drug-likeness (QED) is 0.116. The summed E-state index contributed by atoms with van der Waals surface area (Å²) in [4.78, 5) is 87.6. The van der Waals surface area contributed by atoms with Crippen LogP contribution in [0.5, 0.6) is 12.0 Å². The highest BCUT2D eigenvalue weighted by atomic mass is 19.1. The second-order valence-corrected chi connectivity index (χ2v) is 25.5. The number of benzene rings is 2. The molecule has 6 heterocycles. The lowest BCUT2D eigenvalue weighted by atomic mass is 9.60. The third-order valence-corrected chi connectivity index (χ3v) is 20.3. The van der Waals surface area contributed by atoms with Crippen LogP contribution in [0.3, 0.4) is 0 Å². The number of fused-ring (bicyclic) bond motifs is 4. The van der Waals surface area contributed by atoms with Crippen molar-refractivity contribution in [3.8, 4) is 24.2 Å². The van der Waals surface area contributed by atoms with Gasteiger partial charge in [-0.05, 0) is 136 Å². The standard InChI is InChI=1S/C66H74F2N12O6/c1-39-30-65(32-43-11-7-8-14-50(39)43)20-16-52-55(57(65)81)72-64(74-60(52)78-26-28-80(62(84)42(4)68)47(36-78)19-23-70)86-38-49-29-45(34-76(49)6)51-15-9-12-44-33-66(31-40(2)54(44)51)21-17-53-56(58(66)82)71-63(85-37-48-13-10-24-75(48)5)73-59(53)77-25-27-79(61(83)41(3)67)46(35-77)18-22-69/h7-9,11-12,14-15,39,45-49H,2-4,10,13,16-21,24-38H2,1,5-6H3. The summed E-state index contributed by atoms with van der Waals surface area (Å²) in [6.07, 6.45) is 7.10. The number of anilines is 2. The number of aromatic nitrogens is 4. The van der Waals surface area contributed by atoms with Crippen LogP contribution in [0.25, 0.3) is 5.57 Å². The van der Waals surface area contributed by atoms with Gasteiger partial charge < -0.3 is 34.0 Å². The Morgan fingerprint density at radius 2 is 1.22 bits per heavy atom. The van der Waals surface area contributed by atoms with Crippen LogP contribution >= 0.6 is 0 Å². The Morgan fingerprint density at radius 3 is 1.80 bits per heavy atom. The molecule has 4 aromatic rings. The van der Waals surface area contributed by atoms with E-state index < -0.39 is 46.4 Å². The number of hydrogen-bond acceptors (Lipinski definition) is 16. The molecule has 86 heavy (non-hydrogen) atoms. The van der Waals surface area contributed by atoms with Gasteiger partial charge in [0, 0.05) is 79.9 Å². The van der Waals surface area contributed by atoms with Gasteiger partial charge in [0.05, 0.1) is 37.1 Å². The molecule has 0 bridgehead atoms. The summed E-state index contributed by atoms with van der Waals surface area (Å²) in [6, 6.07) is 18.0. The summed E-state index contributed by atoms with van der Waals surface area (Å²) in [5.41, 5.74) is 7.19. The van der Waals surface area contributed by atoms with E-state index in [4.69, 9.17) is 36.0 Å². The van der Waals surface area contributed by atoms with Crippen LogP contribution in [0, 0.1) is 33.5 Å². The van der Waals surface area contributed by atoms with E-state index in [-0.39, 0.29) is 99.7 Å². The number of rotatable bonds is 13. The Labute approximate surface area is 501 Å². The maximum atomic E-state index is 15.4. The van der Waals surface area contributed by atoms with Crippen molar-refractivity contribution >= 4 is 40.6 Å². The van der Waals surface area contributed by atoms with E-state index in [0.717, 1.165) is 60.2 Å². The van der Waals surface area contributed by atoms with Crippen molar-refractivity contribution < 1.29 is 37.4 Å². The molecule has 2 amide bonds. The van der Waals surface area contributed by atoms with Crippen LogP contribution in [0.1, 0.15) is 136 Å². The van der Waals surface area contributed by atoms with Crippen LogP contribution in [0.15, 0.2) is 73.9 Å². The van der Waals surface area contributed by atoms with E-state index in [1.165, 1.54) is 20.9 Å². The smallest absolute Gasteiger partial charge is 0.319 e. The Morgan fingerprint density at radius 1 is 0.674 bits per heavy atom. The molecule has 0 radical (unpaired) electrons. The van der Waals surface area contributed by atoms with E-state index >= 15 is 9.59 Å². The molecule has 2 aromatic heterocycles. The van der Waals surface area contributed by atoms with Gasteiger partial charge in [-0.3, -0.25) is 24.1 Å². The van der Waals surface area contributed by atoms with E-state index in [9.17, 15) is 28.9 Å². The number of ether oxygens (including phenoxy) is 2. The van der Waals surface area contributed by atoms with Crippen LogP contribution in [-0.2, 0) is 35.3 Å². The SMILES string of the molecule is C=C(F)C(=O)N1CCN(c2nc(OCC3CCCN3C)nc3c2CCC2(CC(=C)c4c(cccc4C4CC(COc5nc6c(c(N7CCN(C(=O)C(=C)F)C(CC#N)C7)n5)CCC5(Cc7ccccc7C(C)C5)C6=O)N(C)C4)C2)C3=O)CC1CC#N. The molecule has 8 atom stereocenters. The number of allylic oxidation sites excluding steroid dienone is 1. The predicted molar refractivity (Wildman–Crippen MR) is 318 cm³/mol. The number of carbonyl (C=O) groups excluding carboxylic acids is 4. The lowest BCUT2D eigenvalue weighted by Gasteiger charge is -2.44. The lowest BCUT2D eigenvalue weighted by molar-refractivity contribution is -0.132. The molecule has 8 unspecified atom stereocenters. The molecule has 4 saturated heterocycles. The van der Waals surface area contributed by atoms with E-state index in [2.05, 4.69) is 86.4 Å². The highest BCUT2D eigenvalue weighted by Crippen LogP contribution is 2.53. The second kappa shape index (κ2) is 23.4. The fourth-order valence-electron chi connectivity index (χ4n) is 15.9. The molecular weight excluding hydrogens is 1090 g/mol. The van der Waals surface area contributed by atoms with Crippen molar-refractivity contribution in [2.45, 2.75) is 126 Å². The first-order valence-electron chi connectivity index (χ1n) is 30.4. The zero-order valence-corrected chi connectivity index (χ0v) is 49.5. The van der Waals surface area contributed by atoms with Crippen molar-refractivity contribution in [2.24, 2.45) is 10.8 Å². The van der Waals surface area contributed by atoms with Crippen LogP contribution in [0.4, 0.5) is 20.4 Å². The minimum atomic E-state index is -1.08. The second-order valence-electron chi connectivity index (χ2n) is 25.5. The molecule has 4 aliphatic carbocycles. The first kappa shape index (κ1) is 58.4. The normalized spacial score (nSPS) is 27.3. The van der Waals surface area contributed by atoms with Crippen molar-refractivity contribution in [3.63, 3.8) is 0 Å². The number of halogens is 2. The molecule has 448 valence electrons. The monoisotopic (exact) mass is 1170 g/mol. The van der Waals surface area contributed by atoms with E-state index in [0.29, 0.717) is 93.1 Å². The van der Waals surface area contributed by atoms with Crippen LogP contribution in [-0.4, -0.2) is 167 Å². The molecule has 12 rings (SSSR count). The van der Waals surface area contributed by atoms with Gasteiger partial charge in [0.25, 0.3) is 11.8 Å². The van der Waals surface area contributed by atoms with Gasteiger partial charge in [0.2, 0.25) is 0 Å². The van der Waals surface area contributed by atoms with Gasteiger partial charge in [-0.1, -0.05) is 69.1 Å². The summed E-state index contributed by atoms with van der Waals surface area (Å²) in [6.45, 7) is 16.8. The largest absolute Gasteiger partial charge is 0.462 e. The summed E-state index contributed by atoms with van der Waals surface area (Å²) in [5, 5.41) is 19.6. The Bertz CT molecular complexity index is 3560. The third kappa shape index (κ3) is 10.6. The van der Waals surface area contributed by atoms with Crippen molar-refractivity contribution in [1.82, 2.24) is 39.5 Å². The number of nitrogens with zero attached hydrogens (tertiary/aromatic N) is 12. The molecule has 4 fully saturated rings. The molecule has 20 heteroatoms. The van der Waals surface area contributed by atoms with Crippen LogP contribution < -0.4 is 19.3 Å². The zero-order valence-electron chi connectivity index (χ0n) is 49.5. The highest BCUT2D eigenvalue weighted by Gasteiger charge is 2.51. The minimum Gasteiger partial charge on any atom is -0.462 e. The number of Topliss-reactive ketones (excluding diaryl/α,β-unsaturated/α-hetero) is 2. The molecule has 8 aliphatic rings. The third-order valence-electron chi connectivity index (χ3n) is 20.3. The number of piperazine rings is 2. The van der Waals surface area contributed by atoms with Gasteiger partial charge in [-0.2, -0.15) is 30.5 Å². The summed E-state index contributed by atoms with van der Waals surface area (Å²) in [7, 11) is 4.14. The molecular formula is C66H74F2N12O6. The van der Waals surface area contributed by atoms with Gasteiger partial charge in [0.15, 0.2) is 23.2 Å². The number of nitriles is 2. The maximum absolute atomic E-state index is 15.4. The van der Waals surface area contributed by atoms with E-state index in [1.54, 1.807) is 0 Å². The Kier molecular flexibility index (Phi) is 15.9. The highest BCUT2D eigenvalue weighted by molar-refractivity contribution is 6.04. The van der Waals surface area contributed by atoms with E-state index in [1.807, 2.05) is 21.9 Å². The topological polar surface area (TPSA) is 205 Å². The average molecular weight is 1170 g/mol. The maximum Gasteiger partial charge on any atom is 0.319 e. The van der Waals surface area contributed by atoms with Crippen molar-refractivity contribution in [2.75, 3.05) is 89.5 Å². The summed E-state index contributed by atoms with van der Waals surface area (Å²) >= 11 is 0. The number of hydrogen-bond donors (Lipinski definition) is 0. The van der Waals surface area contributed by atoms with Gasteiger partial charge >= 0.3 is 12.0 Å². The molecule has 0 saturated carbocycles. The summed E-state index contributed by atoms with van der Waals surface area (Å²) < 4.78 is 41.5. The summed E-state index contributed by atoms with van der Waals surface area (Å²) in [5.74, 6) is -2.65. The fourth-order valence-corrected chi connectivity index (χ4v) is 15.9. The van der Waals surface area contributed by atoms with Gasteiger partial charge in [0.1, 0.15) is 36.2 Å². The molecule has 18 nitrogen and oxygen atoms in total. The number of likely N-dealkylation sites (N-methyl/N-ethyl adjacent to an activating group) is 2. The first-order chi connectivity index (χ1) is 41.4.